The van der Waals surface area contributed by atoms with Crippen molar-refractivity contribution in [2.24, 2.45) is 0 Å². The first-order chi connectivity index (χ1) is 23.6. The summed E-state index contributed by atoms with van der Waals surface area (Å²) >= 11 is 0. The second kappa shape index (κ2) is 14.6. The van der Waals surface area contributed by atoms with Crippen LogP contribution in [0.1, 0.15) is 114 Å². The van der Waals surface area contributed by atoms with Gasteiger partial charge in [-0.1, -0.05) is 87.1 Å². The Kier molecular flexibility index (Phi) is 10.3. The number of unbranched alkanes of at least 4 members (excludes halogenated alkanes) is 1. The minimum Gasteiger partial charge on any atom is -0.627 e. The largest absolute Gasteiger partial charge is 0.726 e. The van der Waals surface area contributed by atoms with Crippen LogP contribution in [-0.2, 0) is 10.1 Å². The smallest absolute Gasteiger partial charge is 0.627 e. The lowest BCUT2D eigenvalue weighted by molar-refractivity contribution is -0.438. The van der Waals surface area contributed by atoms with Gasteiger partial charge in [-0.25, -0.2) is 4.79 Å². The Hall–Kier alpha value is -4.39. The zero-order chi connectivity index (χ0) is 34.6. The fourth-order valence-corrected chi connectivity index (χ4v) is 7.96. The first-order valence-electron chi connectivity index (χ1n) is 17.8. The van der Waals surface area contributed by atoms with Gasteiger partial charge >= 0.3 is 12.8 Å². The second-order valence-corrected chi connectivity index (χ2v) is 14.0. The molecule has 3 heterocycles. The minimum atomic E-state index is -4.79. The Balaban J connectivity index is 1.31. The standard InChI is InChI=1S/C39H46BF2N3O4/c1-4-5-19-28-43-32-25-18-17-24-31(32)39(2,3)34(43)27-16-8-6-7-15-26-33-35-36(46)44(29-20-11-9-12-21-29)38(47)45(30-22-13-10-14-23-30)37(35)49-40(41,42)48-33/h1,6-8,15-18,24-27,29-30H,5,9-14,19-23,28H2,2-3H3. The summed E-state index contributed by atoms with van der Waals surface area (Å²) < 4.78 is 45.1. The van der Waals surface area contributed by atoms with Crippen LogP contribution in [0.25, 0.3) is 5.76 Å². The molecule has 4 aliphatic rings. The fraction of sp³-hybridized carbons (Fsp3) is 0.462. The lowest BCUT2D eigenvalue weighted by Gasteiger charge is -2.39. The highest BCUT2D eigenvalue weighted by Gasteiger charge is 2.45. The molecule has 1 aromatic carbocycles. The third-order valence-corrected chi connectivity index (χ3v) is 10.4. The van der Waals surface area contributed by atoms with Crippen molar-refractivity contribution in [3.8, 4) is 18.2 Å². The van der Waals surface area contributed by atoms with Crippen molar-refractivity contribution < 1.29 is 22.5 Å². The molecule has 2 aliphatic carbocycles. The Morgan fingerprint density at radius 1 is 0.918 bits per heavy atom. The average Bonchev–Trinajstić information content (AvgIpc) is 3.30. The van der Waals surface area contributed by atoms with Gasteiger partial charge in [0.1, 0.15) is 12.1 Å². The van der Waals surface area contributed by atoms with E-state index in [2.05, 4.69) is 48.6 Å². The Morgan fingerprint density at radius 2 is 1.55 bits per heavy atom. The van der Waals surface area contributed by atoms with Gasteiger partial charge in [-0.05, 0) is 45.6 Å². The molecule has 2 saturated carbocycles. The van der Waals surface area contributed by atoms with Crippen molar-refractivity contribution in [2.45, 2.75) is 108 Å². The van der Waals surface area contributed by atoms with Crippen molar-refractivity contribution in [1.29, 1.82) is 0 Å². The van der Waals surface area contributed by atoms with Gasteiger partial charge in [0.05, 0.1) is 11.2 Å². The van der Waals surface area contributed by atoms with Crippen molar-refractivity contribution in [3.05, 3.63) is 98.8 Å². The number of aromatic nitrogens is 2. The van der Waals surface area contributed by atoms with Crippen molar-refractivity contribution in [3.63, 3.8) is 0 Å². The maximum atomic E-state index is 15.0. The van der Waals surface area contributed by atoms with Gasteiger partial charge in [0.25, 0.3) is 5.56 Å². The molecule has 0 amide bonds. The van der Waals surface area contributed by atoms with Gasteiger partial charge in [-0.15, -0.1) is 12.3 Å². The van der Waals surface area contributed by atoms with Crippen molar-refractivity contribution in [1.82, 2.24) is 9.13 Å². The van der Waals surface area contributed by atoms with Crippen LogP contribution in [0.2, 0.25) is 0 Å². The molecule has 2 fully saturated rings. The Morgan fingerprint density at radius 3 is 2.24 bits per heavy atom. The van der Waals surface area contributed by atoms with Crippen LogP contribution in [0.15, 0.2) is 76.4 Å². The lowest BCUT2D eigenvalue weighted by atomic mass is 9.81. The third kappa shape index (κ3) is 7.04. The van der Waals surface area contributed by atoms with Crippen molar-refractivity contribution >= 4 is 24.3 Å². The van der Waals surface area contributed by atoms with Crippen LogP contribution in [0.3, 0.4) is 0 Å². The number of halogens is 2. The summed E-state index contributed by atoms with van der Waals surface area (Å²) in [7, 11) is -4.79. The number of hydrogen-bond acceptors (Lipinski definition) is 4. The van der Waals surface area contributed by atoms with Crippen LogP contribution in [0, 0.1) is 12.3 Å². The van der Waals surface area contributed by atoms with E-state index < -0.39 is 18.4 Å². The van der Waals surface area contributed by atoms with E-state index in [1.807, 2.05) is 18.2 Å². The summed E-state index contributed by atoms with van der Waals surface area (Å²) in [5, 5.41) is 0. The molecule has 0 radical (unpaired) electrons. The topological polar surface area (TPSA) is 65.5 Å². The van der Waals surface area contributed by atoms with E-state index in [0.717, 1.165) is 57.2 Å². The molecule has 258 valence electrons. The number of allylic oxidation sites excluding steroid dienone is 7. The first kappa shape index (κ1) is 34.5. The highest BCUT2D eigenvalue weighted by atomic mass is 19.3. The summed E-state index contributed by atoms with van der Waals surface area (Å²) in [6.45, 7) is 5.23. The average molecular weight is 670 g/mol. The maximum Gasteiger partial charge on any atom is 0.726 e. The molecule has 1 aromatic heterocycles. The molecule has 0 spiro atoms. The number of benzene rings is 1. The number of fused-ring (bicyclic) bond motifs is 2. The van der Waals surface area contributed by atoms with Gasteiger partial charge in [0.2, 0.25) is 5.69 Å². The number of terminal acetylenes is 1. The molecule has 6 rings (SSSR count). The molecular weight excluding hydrogens is 623 g/mol. The molecule has 0 atom stereocenters. The van der Waals surface area contributed by atoms with Gasteiger partial charge in [0.15, 0.2) is 11.6 Å². The van der Waals surface area contributed by atoms with Crippen LogP contribution in [0.5, 0.6) is 5.88 Å². The van der Waals surface area contributed by atoms with E-state index in [0.29, 0.717) is 32.1 Å². The highest BCUT2D eigenvalue weighted by molar-refractivity contribution is 6.54. The maximum absolute atomic E-state index is 15.0. The van der Waals surface area contributed by atoms with Crippen molar-refractivity contribution in [2.75, 3.05) is 6.54 Å². The molecule has 7 nitrogen and oxygen atoms in total. The molecule has 0 unspecified atom stereocenters. The lowest BCUT2D eigenvalue weighted by Crippen LogP contribution is -2.50. The monoisotopic (exact) mass is 669 g/mol. The van der Waals surface area contributed by atoms with E-state index in [1.54, 1.807) is 18.2 Å². The van der Waals surface area contributed by atoms with Crippen LogP contribution < -0.4 is 15.9 Å². The summed E-state index contributed by atoms with van der Waals surface area (Å²) in [5.74, 6) is 2.08. The van der Waals surface area contributed by atoms with Crippen LogP contribution in [-0.4, -0.2) is 33.1 Å². The van der Waals surface area contributed by atoms with Gasteiger partial charge in [-0.3, -0.25) is 13.9 Å². The van der Waals surface area contributed by atoms with Gasteiger partial charge < -0.3 is 17.9 Å². The summed E-state index contributed by atoms with van der Waals surface area (Å²) in [6, 6.07) is 7.81. The number of para-hydroxylation sites is 1. The quantitative estimate of drug-likeness (QED) is 0.0886. The fourth-order valence-electron chi connectivity index (χ4n) is 7.96. The summed E-state index contributed by atoms with van der Waals surface area (Å²) in [4.78, 5) is 27.9. The van der Waals surface area contributed by atoms with Crippen LogP contribution >= 0.6 is 0 Å². The van der Waals surface area contributed by atoms with Crippen LogP contribution in [0.4, 0.5) is 14.3 Å². The van der Waals surface area contributed by atoms with E-state index in [1.165, 1.54) is 26.5 Å². The zero-order valence-corrected chi connectivity index (χ0v) is 28.6. The SMILES string of the molecule is C#CCCC[N+]1=C(/C=C/C=C/C=C/C=C2\O[B-](F)(F)Oc3c2c(=O)n(C2CCCCC2)c(=O)n3C2CCCCC2)C(C)(C)c2ccccc21. The molecular formula is C39H46BF2N3O4. The minimum absolute atomic E-state index is 0.110. The van der Waals surface area contributed by atoms with E-state index in [-0.39, 0.29) is 34.7 Å². The summed E-state index contributed by atoms with van der Waals surface area (Å²) in [5.41, 5.74) is 2.12. The molecule has 2 aromatic rings. The van der Waals surface area contributed by atoms with E-state index >= 15 is 8.63 Å². The van der Waals surface area contributed by atoms with Gasteiger partial charge in [0, 0.05) is 42.6 Å². The molecule has 49 heavy (non-hydrogen) atoms. The first-order valence-corrected chi connectivity index (χ1v) is 17.8. The predicted octanol–water partition coefficient (Wildman–Crippen LogP) is 8.30. The second-order valence-electron chi connectivity index (χ2n) is 14.0. The number of hydrogen-bond donors (Lipinski definition) is 0. The molecule has 10 heteroatoms. The normalized spacial score (nSPS) is 21.7. The van der Waals surface area contributed by atoms with Gasteiger partial charge in [-0.2, -0.15) is 4.58 Å². The molecule has 0 N–H and O–H groups in total. The van der Waals surface area contributed by atoms with E-state index in [4.69, 9.17) is 15.7 Å². The third-order valence-electron chi connectivity index (χ3n) is 10.4. The molecule has 2 aliphatic heterocycles. The number of nitrogens with zero attached hydrogens (tertiary/aromatic N) is 3. The predicted molar refractivity (Wildman–Crippen MR) is 192 cm³/mol. The zero-order valence-electron chi connectivity index (χ0n) is 28.6. The Labute approximate surface area is 287 Å². The Bertz CT molecular complexity index is 1880. The summed E-state index contributed by atoms with van der Waals surface area (Å²) in [6.07, 6.45) is 27.8. The highest BCUT2D eigenvalue weighted by Crippen LogP contribution is 2.41. The van der Waals surface area contributed by atoms with E-state index in [9.17, 15) is 9.59 Å². The molecule has 0 saturated heterocycles. The molecule has 0 bridgehead atoms. The number of rotatable bonds is 9.